The maximum atomic E-state index is 5.69. The molecular formula is C23H32N4O. The van der Waals surface area contributed by atoms with E-state index in [0.29, 0.717) is 13.2 Å². The molecule has 1 heterocycles. The van der Waals surface area contributed by atoms with Crippen molar-refractivity contribution >= 4 is 5.96 Å². The number of nitrogens with one attached hydrogen (secondary N) is 2. The largest absolute Gasteiger partial charge is 0.494 e. The molecule has 5 heteroatoms. The summed E-state index contributed by atoms with van der Waals surface area (Å²) < 4.78 is 5.69. The maximum absolute atomic E-state index is 5.69. The van der Waals surface area contributed by atoms with Crippen LogP contribution in [0.3, 0.4) is 0 Å². The number of guanidine groups is 1. The predicted molar refractivity (Wildman–Crippen MR) is 116 cm³/mol. The average Bonchev–Trinajstić information content (AvgIpc) is 3.23. The van der Waals surface area contributed by atoms with Crippen LogP contribution in [0.1, 0.15) is 36.5 Å². The maximum Gasteiger partial charge on any atom is 0.191 e. The Bertz CT molecular complexity index is 751. The van der Waals surface area contributed by atoms with Gasteiger partial charge in [-0.3, -0.25) is 9.89 Å². The third-order valence-corrected chi connectivity index (χ3v) is 5.03. The monoisotopic (exact) mass is 380 g/mol. The molecule has 0 bridgehead atoms. The van der Waals surface area contributed by atoms with Crippen LogP contribution in [0.4, 0.5) is 0 Å². The minimum Gasteiger partial charge on any atom is -0.494 e. The summed E-state index contributed by atoms with van der Waals surface area (Å²) in [7, 11) is 1.79. The number of para-hydroxylation sites is 1. The molecule has 1 aliphatic rings. The van der Waals surface area contributed by atoms with Gasteiger partial charge >= 0.3 is 0 Å². The molecule has 0 amide bonds. The van der Waals surface area contributed by atoms with E-state index in [4.69, 9.17) is 4.74 Å². The number of ether oxygens (including phenoxy) is 1. The first-order valence-electron chi connectivity index (χ1n) is 10.2. The summed E-state index contributed by atoms with van der Waals surface area (Å²) in [6, 6.07) is 17.0. The van der Waals surface area contributed by atoms with Crippen LogP contribution >= 0.6 is 0 Å². The van der Waals surface area contributed by atoms with E-state index >= 15 is 0 Å². The fourth-order valence-electron chi connectivity index (χ4n) is 3.49. The average molecular weight is 381 g/mol. The van der Waals surface area contributed by atoms with Gasteiger partial charge in [0.25, 0.3) is 0 Å². The number of nitrogens with zero attached hydrogens (tertiary/aromatic N) is 2. The molecule has 0 spiro atoms. The van der Waals surface area contributed by atoms with Crippen molar-refractivity contribution in [3.05, 3.63) is 65.2 Å². The van der Waals surface area contributed by atoms with Gasteiger partial charge in [-0.15, -0.1) is 0 Å². The topological polar surface area (TPSA) is 48.9 Å². The Morgan fingerprint density at radius 2 is 1.64 bits per heavy atom. The summed E-state index contributed by atoms with van der Waals surface area (Å²) in [5.74, 6) is 1.70. The molecule has 2 aromatic rings. The Hall–Kier alpha value is -2.53. The van der Waals surface area contributed by atoms with Crippen LogP contribution in [-0.4, -0.2) is 37.6 Å². The normalized spacial score (nSPS) is 14.9. The second-order valence-electron chi connectivity index (χ2n) is 7.12. The SMILES string of the molecule is CCOc1ccccc1CNC(=NC)NCc1ccc(CN2CCCC2)cc1. The van der Waals surface area contributed by atoms with E-state index in [9.17, 15) is 0 Å². The van der Waals surface area contributed by atoms with Crippen LogP contribution in [0.25, 0.3) is 0 Å². The fourth-order valence-corrected chi connectivity index (χ4v) is 3.49. The Morgan fingerprint density at radius 3 is 2.36 bits per heavy atom. The van der Waals surface area contributed by atoms with Crippen LogP contribution in [-0.2, 0) is 19.6 Å². The summed E-state index contributed by atoms with van der Waals surface area (Å²) >= 11 is 0. The van der Waals surface area contributed by atoms with Gasteiger partial charge in [-0.2, -0.15) is 0 Å². The predicted octanol–water partition coefficient (Wildman–Crippen LogP) is 3.55. The van der Waals surface area contributed by atoms with Gasteiger partial charge in [-0.05, 0) is 50.0 Å². The van der Waals surface area contributed by atoms with Crippen LogP contribution in [0, 0.1) is 0 Å². The number of hydrogen-bond acceptors (Lipinski definition) is 3. The van der Waals surface area contributed by atoms with E-state index in [1.165, 1.54) is 37.1 Å². The molecule has 0 radical (unpaired) electrons. The second kappa shape index (κ2) is 10.7. The molecule has 150 valence electrons. The molecule has 0 saturated carbocycles. The minimum absolute atomic E-state index is 0.664. The highest BCUT2D eigenvalue weighted by molar-refractivity contribution is 5.79. The lowest BCUT2D eigenvalue weighted by atomic mass is 10.1. The van der Waals surface area contributed by atoms with Crippen molar-refractivity contribution in [2.24, 2.45) is 4.99 Å². The van der Waals surface area contributed by atoms with Crippen molar-refractivity contribution in [1.82, 2.24) is 15.5 Å². The summed E-state index contributed by atoms with van der Waals surface area (Å²) in [6.07, 6.45) is 2.67. The number of aliphatic imine (C=N–C) groups is 1. The van der Waals surface area contributed by atoms with Crippen molar-refractivity contribution in [3.63, 3.8) is 0 Å². The first kappa shape index (κ1) is 20.2. The quantitative estimate of drug-likeness (QED) is 0.543. The van der Waals surface area contributed by atoms with E-state index < -0.39 is 0 Å². The molecule has 1 fully saturated rings. The van der Waals surface area contributed by atoms with Crippen LogP contribution in [0.5, 0.6) is 5.75 Å². The lowest BCUT2D eigenvalue weighted by Crippen LogP contribution is -2.36. The summed E-state index contributed by atoms with van der Waals surface area (Å²) in [5, 5.41) is 6.75. The highest BCUT2D eigenvalue weighted by Crippen LogP contribution is 2.17. The van der Waals surface area contributed by atoms with Crippen molar-refractivity contribution < 1.29 is 4.74 Å². The highest BCUT2D eigenvalue weighted by atomic mass is 16.5. The fraction of sp³-hybridized carbons (Fsp3) is 0.435. The molecule has 1 aliphatic heterocycles. The van der Waals surface area contributed by atoms with E-state index in [1.807, 2.05) is 25.1 Å². The molecular weight excluding hydrogens is 348 g/mol. The Kier molecular flexibility index (Phi) is 7.73. The van der Waals surface area contributed by atoms with E-state index in [-0.39, 0.29) is 0 Å². The van der Waals surface area contributed by atoms with Crippen LogP contribution < -0.4 is 15.4 Å². The van der Waals surface area contributed by atoms with Gasteiger partial charge in [0.2, 0.25) is 0 Å². The van der Waals surface area contributed by atoms with E-state index in [0.717, 1.165) is 30.4 Å². The van der Waals surface area contributed by atoms with E-state index in [2.05, 4.69) is 50.9 Å². The third kappa shape index (κ3) is 5.99. The van der Waals surface area contributed by atoms with Gasteiger partial charge in [-0.1, -0.05) is 42.5 Å². The zero-order valence-electron chi connectivity index (χ0n) is 17.1. The van der Waals surface area contributed by atoms with Gasteiger partial charge in [0.1, 0.15) is 5.75 Å². The zero-order valence-corrected chi connectivity index (χ0v) is 17.1. The van der Waals surface area contributed by atoms with Crippen LogP contribution in [0.15, 0.2) is 53.5 Å². The Morgan fingerprint density at radius 1 is 0.964 bits per heavy atom. The lowest BCUT2D eigenvalue weighted by molar-refractivity contribution is 0.331. The van der Waals surface area contributed by atoms with Crippen molar-refractivity contribution in [2.75, 3.05) is 26.7 Å². The summed E-state index contributed by atoms with van der Waals surface area (Å²) in [6.45, 7) is 7.62. The number of rotatable bonds is 8. The summed E-state index contributed by atoms with van der Waals surface area (Å²) in [5.41, 5.74) is 3.77. The molecule has 3 rings (SSSR count). The van der Waals surface area contributed by atoms with Gasteiger partial charge in [-0.25, -0.2) is 0 Å². The number of benzene rings is 2. The zero-order chi connectivity index (χ0) is 19.6. The van der Waals surface area contributed by atoms with Gasteiger partial charge in [0.15, 0.2) is 5.96 Å². The van der Waals surface area contributed by atoms with Crippen molar-refractivity contribution in [1.29, 1.82) is 0 Å². The first-order valence-corrected chi connectivity index (χ1v) is 10.2. The molecule has 0 aromatic heterocycles. The molecule has 28 heavy (non-hydrogen) atoms. The molecule has 0 aliphatic carbocycles. The van der Waals surface area contributed by atoms with E-state index in [1.54, 1.807) is 7.05 Å². The molecule has 2 aromatic carbocycles. The second-order valence-corrected chi connectivity index (χ2v) is 7.12. The van der Waals surface area contributed by atoms with Crippen molar-refractivity contribution in [3.8, 4) is 5.75 Å². The minimum atomic E-state index is 0.664. The molecule has 0 unspecified atom stereocenters. The standard InChI is InChI=1S/C23H32N4O/c1-3-28-22-9-5-4-8-21(22)17-26-23(24-2)25-16-19-10-12-20(13-11-19)18-27-14-6-7-15-27/h4-5,8-13H,3,6-7,14-18H2,1-2H3,(H2,24,25,26). The summed E-state index contributed by atoms with van der Waals surface area (Å²) in [4.78, 5) is 6.85. The van der Waals surface area contributed by atoms with Crippen LogP contribution in [0.2, 0.25) is 0 Å². The third-order valence-electron chi connectivity index (χ3n) is 5.03. The highest BCUT2D eigenvalue weighted by Gasteiger charge is 2.11. The smallest absolute Gasteiger partial charge is 0.191 e. The van der Waals surface area contributed by atoms with Gasteiger partial charge < -0.3 is 15.4 Å². The Balaban J connectivity index is 1.47. The lowest BCUT2D eigenvalue weighted by Gasteiger charge is -2.16. The first-order chi connectivity index (χ1) is 13.8. The van der Waals surface area contributed by atoms with Gasteiger partial charge in [0, 0.05) is 32.2 Å². The van der Waals surface area contributed by atoms with Gasteiger partial charge in [0.05, 0.1) is 6.61 Å². The molecule has 1 saturated heterocycles. The number of hydrogen-bond donors (Lipinski definition) is 2. The Labute approximate surface area is 168 Å². The molecule has 5 nitrogen and oxygen atoms in total. The molecule has 0 atom stereocenters. The van der Waals surface area contributed by atoms with Crippen molar-refractivity contribution in [2.45, 2.75) is 39.4 Å². The molecule has 2 N–H and O–H groups in total. The number of likely N-dealkylation sites (tertiary alicyclic amines) is 1.